The molecule has 0 radical (unpaired) electrons. The van der Waals surface area contributed by atoms with E-state index in [9.17, 15) is 4.79 Å². The molecule has 5 heteroatoms. The van der Waals surface area contributed by atoms with E-state index in [1.807, 2.05) is 30.3 Å². The van der Waals surface area contributed by atoms with E-state index in [0.717, 1.165) is 15.0 Å². The molecule has 0 spiro atoms. The predicted molar refractivity (Wildman–Crippen MR) is 63.9 cm³/mol. The molecule has 1 amide bonds. The van der Waals surface area contributed by atoms with Crippen molar-refractivity contribution in [2.45, 2.75) is 6.10 Å². The maximum Gasteiger partial charge on any atom is 0.268 e. The van der Waals surface area contributed by atoms with Crippen molar-refractivity contribution in [3.8, 4) is 0 Å². The van der Waals surface area contributed by atoms with Crippen molar-refractivity contribution < 1.29 is 9.53 Å². The number of amides is 1. The molecule has 0 aliphatic rings. The summed E-state index contributed by atoms with van der Waals surface area (Å²) in [6.07, 6.45) is -0.637. The second-order valence-corrected chi connectivity index (χ2v) is 4.43. The number of carbonyl (C=O) groups is 1. The van der Waals surface area contributed by atoms with Crippen molar-refractivity contribution >= 4 is 27.3 Å². The first kappa shape index (κ1) is 11.1. The fraction of sp³-hybridized carbons (Fsp3) is 0.182. The first-order valence-corrected chi connectivity index (χ1v) is 5.59. The third kappa shape index (κ3) is 1.92. The summed E-state index contributed by atoms with van der Waals surface area (Å²) in [4.78, 5) is 12.3. The van der Waals surface area contributed by atoms with Crippen molar-refractivity contribution in [3.63, 3.8) is 0 Å². The molecule has 1 heterocycles. The molecule has 0 saturated carbocycles. The highest BCUT2D eigenvalue weighted by Gasteiger charge is 2.21. The summed E-state index contributed by atoms with van der Waals surface area (Å²) < 4.78 is 6.27. The van der Waals surface area contributed by atoms with Crippen molar-refractivity contribution in [3.05, 3.63) is 35.2 Å². The Morgan fingerprint density at radius 3 is 2.88 bits per heavy atom. The lowest BCUT2D eigenvalue weighted by Gasteiger charge is -2.10. The number of methoxy groups -OCH3 is 1. The summed E-state index contributed by atoms with van der Waals surface area (Å²) in [5.41, 5.74) is 2.10. The van der Waals surface area contributed by atoms with Gasteiger partial charge in [0.1, 0.15) is 0 Å². The minimum absolute atomic E-state index is 0.339. The Morgan fingerprint density at radius 1 is 1.50 bits per heavy atom. The Labute approximate surface area is 97.0 Å². The Hall–Kier alpha value is -1.43. The second-order valence-electron chi connectivity index (χ2n) is 3.31. The van der Waals surface area contributed by atoms with Gasteiger partial charge in [0.2, 0.25) is 0 Å². The van der Waals surface area contributed by atoms with Gasteiger partial charge in [-0.3, -0.25) is 10.2 Å². The van der Waals surface area contributed by atoms with Gasteiger partial charge < -0.3 is 4.74 Å². The molecule has 0 aliphatic heterocycles. The first-order valence-electron chi connectivity index (χ1n) is 4.78. The minimum Gasteiger partial charge on any atom is -0.366 e. The number of nitrogens with two attached hydrogens (primary N) is 1. The Bertz CT molecular complexity index is 476. The van der Waals surface area contributed by atoms with Gasteiger partial charge in [-0.1, -0.05) is 18.2 Å². The van der Waals surface area contributed by atoms with Crippen molar-refractivity contribution in [2.24, 2.45) is 5.84 Å². The summed E-state index contributed by atoms with van der Waals surface area (Å²) >= 11 is 1.53. The molecule has 1 aromatic heterocycles. The zero-order chi connectivity index (χ0) is 11.5. The largest absolute Gasteiger partial charge is 0.366 e. The van der Waals surface area contributed by atoms with E-state index in [4.69, 9.17) is 10.6 Å². The molecule has 0 fully saturated rings. The van der Waals surface area contributed by atoms with E-state index in [1.54, 1.807) is 0 Å². The number of ether oxygens (including phenoxy) is 1. The van der Waals surface area contributed by atoms with Gasteiger partial charge in [-0.05, 0) is 17.5 Å². The second kappa shape index (κ2) is 4.61. The summed E-state index contributed by atoms with van der Waals surface area (Å²) in [6, 6.07) is 9.89. The summed E-state index contributed by atoms with van der Waals surface area (Å²) in [5.74, 6) is 4.77. The van der Waals surface area contributed by atoms with E-state index in [0.29, 0.717) is 0 Å². The lowest BCUT2D eigenvalue weighted by atomic mass is 10.2. The predicted octanol–water partition coefficient (Wildman–Crippen LogP) is 1.58. The Morgan fingerprint density at radius 2 is 2.25 bits per heavy atom. The van der Waals surface area contributed by atoms with Gasteiger partial charge in [-0.2, -0.15) is 0 Å². The van der Waals surface area contributed by atoms with Crippen LogP contribution in [0.4, 0.5) is 0 Å². The smallest absolute Gasteiger partial charge is 0.268 e. The van der Waals surface area contributed by atoms with Crippen LogP contribution in [-0.4, -0.2) is 13.0 Å². The Balaban J connectivity index is 2.41. The van der Waals surface area contributed by atoms with Crippen LogP contribution in [0.25, 0.3) is 10.1 Å². The molecule has 3 N–H and O–H groups in total. The maximum absolute atomic E-state index is 11.5. The number of hydrogen-bond donors (Lipinski definition) is 2. The fourth-order valence-corrected chi connectivity index (χ4v) is 2.70. The summed E-state index contributed by atoms with van der Waals surface area (Å²) in [6.45, 7) is 0. The van der Waals surface area contributed by atoms with Gasteiger partial charge in [0.05, 0.1) is 0 Å². The van der Waals surface area contributed by atoms with Crippen LogP contribution >= 0.6 is 11.3 Å². The molecule has 84 valence electrons. The first-order chi connectivity index (χ1) is 7.76. The van der Waals surface area contributed by atoms with Crippen molar-refractivity contribution in [1.29, 1.82) is 0 Å². The fourth-order valence-electron chi connectivity index (χ4n) is 1.56. The van der Waals surface area contributed by atoms with Gasteiger partial charge in [0.25, 0.3) is 5.91 Å². The average molecular weight is 236 g/mol. The molecule has 0 saturated heterocycles. The summed E-state index contributed by atoms with van der Waals surface area (Å²) in [7, 11) is 1.49. The number of hydrazine groups is 1. The highest BCUT2D eigenvalue weighted by molar-refractivity contribution is 7.19. The SMILES string of the molecule is COC(C(=O)NN)c1cc2ccccc2s1. The topological polar surface area (TPSA) is 64.3 Å². The van der Waals surface area contributed by atoms with E-state index in [1.165, 1.54) is 18.4 Å². The number of nitrogens with one attached hydrogen (secondary N) is 1. The van der Waals surface area contributed by atoms with Gasteiger partial charge in [-0.15, -0.1) is 11.3 Å². The monoisotopic (exact) mass is 236 g/mol. The van der Waals surface area contributed by atoms with Crippen LogP contribution in [0, 0.1) is 0 Å². The number of fused-ring (bicyclic) bond motifs is 1. The van der Waals surface area contributed by atoms with Crippen LogP contribution in [0.5, 0.6) is 0 Å². The molecule has 2 rings (SSSR count). The molecule has 16 heavy (non-hydrogen) atoms. The third-order valence-electron chi connectivity index (χ3n) is 2.32. The van der Waals surface area contributed by atoms with Gasteiger partial charge >= 0.3 is 0 Å². The van der Waals surface area contributed by atoms with Crippen molar-refractivity contribution in [1.82, 2.24) is 5.43 Å². The van der Waals surface area contributed by atoms with Crippen LogP contribution < -0.4 is 11.3 Å². The molecule has 4 nitrogen and oxygen atoms in total. The van der Waals surface area contributed by atoms with E-state index in [2.05, 4.69) is 5.43 Å². The molecule has 0 bridgehead atoms. The van der Waals surface area contributed by atoms with Crippen LogP contribution in [0.1, 0.15) is 11.0 Å². The van der Waals surface area contributed by atoms with Gasteiger partial charge in [0.15, 0.2) is 6.10 Å². The van der Waals surface area contributed by atoms with E-state index in [-0.39, 0.29) is 5.91 Å². The van der Waals surface area contributed by atoms with Crippen LogP contribution in [-0.2, 0) is 9.53 Å². The zero-order valence-electron chi connectivity index (χ0n) is 8.77. The molecular weight excluding hydrogens is 224 g/mol. The average Bonchev–Trinajstić information content (AvgIpc) is 2.72. The molecule has 1 unspecified atom stereocenters. The highest BCUT2D eigenvalue weighted by atomic mass is 32.1. The highest BCUT2D eigenvalue weighted by Crippen LogP contribution is 2.31. The normalized spacial score (nSPS) is 12.6. The van der Waals surface area contributed by atoms with E-state index < -0.39 is 6.10 Å². The number of thiophene rings is 1. The molecule has 1 atom stereocenters. The van der Waals surface area contributed by atoms with Crippen molar-refractivity contribution in [2.75, 3.05) is 7.11 Å². The quantitative estimate of drug-likeness (QED) is 0.483. The maximum atomic E-state index is 11.5. The minimum atomic E-state index is -0.637. The van der Waals surface area contributed by atoms with Crippen LogP contribution in [0.2, 0.25) is 0 Å². The third-order valence-corrected chi connectivity index (χ3v) is 3.48. The molecule has 0 aliphatic carbocycles. The van der Waals surface area contributed by atoms with Gasteiger partial charge in [0, 0.05) is 16.7 Å². The molecule has 2 aromatic rings. The standard InChI is InChI=1S/C11H12N2O2S/c1-15-10(11(14)13-12)9-6-7-4-2-3-5-8(7)16-9/h2-6,10H,12H2,1H3,(H,13,14). The lowest BCUT2D eigenvalue weighted by molar-refractivity contribution is -0.131. The summed E-state index contributed by atoms with van der Waals surface area (Å²) in [5, 5.41) is 1.11. The number of carbonyl (C=O) groups excluding carboxylic acids is 1. The number of hydrogen-bond acceptors (Lipinski definition) is 4. The molecule has 1 aromatic carbocycles. The van der Waals surface area contributed by atoms with Crippen LogP contribution in [0.3, 0.4) is 0 Å². The number of rotatable bonds is 3. The number of benzene rings is 1. The van der Waals surface area contributed by atoms with E-state index >= 15 is 0 Å². The van der Waals surface area contributed by atoms with Crippen LogP contribution in [0.15, 0.2) is 30.3 Å². The lowest BCUT2D eigenvalue weighted by Crippen LogP contribution is -2.35. The Kier molecular flexibility index (Phi) is 3.19. The van der Waals surface area contributed by atoms with Gasteiger partial charge in [-0.25, -0.2) is 5.84 Å². The zero-order valence-corrected chi connectivity index (χ0v) is 9.58. The molecular formula is C11H12N2O2S.